The summed E-state index contributed by atoms with van der Waals surface area (Å²) < 4.78 is 22.3. The van der Waals surface area contributed by atoms with Crippen molar-refractivity contribution in [2.24, 2.45) is 11.1 Å². The molecule has 1 heterocycles. The van der Waals surface area contributed by atoms with Crippen molar-refractivity contribution in [2.75, 3.05) is 12.3 Å². The number of sulfonamides is 1. The molecule has 1 fully saturated rings. The number of carboxylic acid groups (broad SMARTS) is 1. The molecule has 10 heteroatoms. The van der Waals surface area contributed by atoms with Crippen LogP contribution in [0.2, 0.25) is 0 Å². The van der Waals surface area contributed by atoms with Crippen molar-refractivity contribution in [1.29, 1.82) is 0 Å². The van der Waals surface area contributed by atoms with E-state index in [4.69, 9.17) is 5.14 Å². The maximum atomic E-state index is 12.1. The third kappa shape index (κ3) is 4.36. The largest absolute Gasteiger partial charge is 0.504 e. The number of rotatable bonds is 6. The van der Waals surface area contributed by atoms with Gasteiger partial charge >= 0.3 is 5.97 Å². The van der Waals surface area contributed by atoms with Gasteiger partial charge in [0.25, 0.3) is 0 Å². The Bertz CT molecular complexity index is 762. The number of benzene rings is 1. The van der Waals surface area contributed by atoms with Crippen LogP contribution in [-0.2, 0) is 26.0 Å². The first-order valence-electron chi connectivity index (χ1n) is 7.10. The van der Waals surface area contributed by atoms with E-state index < -0.39 is 39.6 Å². The highest BCUT2D eigenvalue weighted by atomic mass is 32.2. The van der Waals surface area contributed by atoms with E-state index >= 15 is 0 Å². The number of aromatic hydroxyl groups is 2. The van der Waals surface area contributed by atoms with Crippen LogP contribution in [0.25, 0.3) is 0 Å². The van der Waals surface area contributed by atoms with E-state index in [9.17, 15) is 33.3 Å². The van der Waals surface area contributed by atoms with Gasteiger partial charge in [-0.15, -0.1) is 0 Å². The number of phenols is 2. The van der Waals surface area contributed by atoms with Gasteiger partial charge < -0.3 is 20.2 Å². The maximum Gasteiger partial charge on any atom is 0.326 e. The highest BCUT2D eigenvalue weighted by Gasteiger charge is 2.38. The Labute approximate surface area is 138 Å². The highest BCUT2D eigenvalue weighted by Crippen LogP contribution is 2.27. The lowest BCUT2D eigenvalue weighted by molar-refractivity contribution is -0.148. The quantitative estimate of drug-likeness (QED) is 0.486. The molecule has 1 aliphatic rings. The first-order chi connectivity index (χ1) is 11.1. The Morgan fingerprint density at radius 3 is 2.54 bits per heavy atom. The first kappa shape index (κ1) is 18.0. The summed E-state index contributed by atoms with van der Waals surface area (Å²) in [7, 11) is -3.76. The Kier molecular flexibility index (Phi) is 4.99. The summed E-state index contributed by atoms with van der Waals surface area (Å²) in [6, 6.07) is 2.67. The molecule has 0 bridgehead atoms. The van der Waals surface area contributed by atoms with Gasteiger partial charge in [0.1, 0.15) is 6.04 Å². The molecule has 1 aromatic carbocycles. The van der Waals surface area contributed by atoms with Crippen molar-refractivity contribution in [1.82, 2.24) is 4.90 Å². The van der Waals surface area contributed by atoms with E-state index in [1.165, 1.54) is 18.2 Å². The van der Waals surface area contributed by atoms with E-state index in [0.717, 1.165) is 4.90 Å². The number of carbonyl (C=O) groups is 2. The van der Waals surface area contributed by atoms with Crippen LogP contribution in [0.5, 0.6) is 11.5 Å². The van der Waals surface area contributed by atoms with Crippen molar-refractivity contribution < 1.29 is 33.3 Å². The van der Waals surface area contributed by atoms with Gasteiger partial charge in [-0.25, -0.2) is 18.4 Å². The number of hydrogen-bond donors (Lipinski definition) is 4. The standard InChI is InChI=1S/C14H18N2O7S/c15-24(22,23)7-9-5-13(19)16(6-9)10(14(20)21)3-8-1-2-11(17)12(18)4-8/h1-2,4,9-10,17-18H,3,5-7H2,(H,20,21)(H2,15,22,23). The fourth-order valence-electron chi connectivity index (χ4n) is 2.80. The fraction of sp³-hybridized carbons (Fsp3) is 0.429. The van der Waals surface area contributed by atoms with Crippen molar-refractivity contribution >= 4 is 21.9 Å². The number of carboxylic acids is 1. The molecule has 0 aliphatic carbocycles. The number of nitrogens with two attached hydrogens (primary N) is 1. The number of carbonyl (C=O) groups excluding carboxylic acids is 1. The summed E-state index contributed by atoms with van der Waals surface area (Å²) in [6.07, 6.45) is -0.169. The molecule has 1 aliphatic heterocycles. The van der Waals surface area contributed by atoms with E-state index in [-0.39, 0.29) is 30.9 Å². The molecule has 1 saturated heterocycles. The predicted octanol–water partition coefficient (Wildman–Crippen LogP) is -0.769. The maximum absolute atomic E-state index is 12.1. The summed E-state index contributed by atoms with van der Waals surface area (Å²) in [6.45, 7) is -0.0176. The van der Waals surface area contributed by atoms with Crippen LogP contribution < -0.4 is 5.14 Å². The van der Waals surface area contributed by atoms with Crippen LogP contribution in [0, 0.1) is 5.92 Å². The molecule has 0 aromatic heterocycles. The summed E-state index contributed by atoms with van der Waals surface area (Å²) in [4.78, 5) is 24.7. The van der Waals surface area contributed by atoms with Gasteiger partial charge in [-0.05, 0) is 17.7 Å². The lowest BCUT2D eigenvalue weighted by Gasteiger charge is -2.25. The Hall–Kier alpha value is -2.33. The molecule has 0 saturated carbocycles. The number of amides is 1. The van der Waals surface area contributed by atoms with Crippen LogP contribution in [0.15, 0.2) is 18.2 Å². The van der Waals surface area contributed by atoms with Gasteiger partial charge in [0.05, 0.1) is 5.75 Å². The monoisotopic (exact) mass is 358 g/mol. The molecule has 0 radical (unpaired) electrons. The summed E-state index contributed by atoms with van der Waals surface area (Å²) in [5.74, 6) is -3.37. The van der Waals surface area contributed by atoms with Gasteiger partial charge in [-0.1, -0.05) is 6.07 Å². The predicted molar refractivity (Wildman–Crippen MR) is 82.7 cm³/mol. The molecular weight excluding hydrogens is 340 g/mol. The van der Waals surface area contributed by atoms with Crippen LogP contribution in [-0.4, -0.2) is 58.9 Å². The van der Waals surface area contributed by atoms with Crippen molar-refractivity contribution in [3.63, 3.8) is 0 Å². The van der Waals surface area contributed by atoms with Crippen molar-refractivity contribution in [3.05, 3.63) is 23.8 Å². The second-order valence-corrected chi connectivity index (χ2v) is 7.49. The zero-order valence-electron chi connectivity index (χ0n) is 12.6. The Balaban J connectivity index is 2.17. The molecular formula is C14H18N2O7S. The number of phenolic OH excluding ortho intramolecular Hbond substituents is 2. The number of likely N-dealkylation sites (tertiary alicyclic amines) is 1. The van der Waals surface area contributed by atoms with Gasteiger partial charge in [0, 0.05) is 25.3 Å². The van der Waals surface area contributed by atoms with Crippen molar-refractivity contribution in [2.45, 2.75) is 18.9 Å². The van der Waals surface area contributed by atoms with Crippen LogP contribution in [0.3, 0.4) is 0 Å². The first-order valence-corrected chi connectivity index (χ1v) is 8.82. The second-order valence-electron chi connectivity index (χ2n) is 5.83. The number of hydrogen-bond acceptors (Lipinski definition) is 6. The van der Waals surface area contributed by atoms with E-state index in [0.29, 0.717) is 5.56 Å². The van der Waals surface area contributed by atoms with E-state index in [1.54, 1.807) is 0 Å². The minimum Gasteiger partial charge on any atom is -0.504 e. The van der Waals surface area contributed by atoms with Gasteiger partial charge in [-0.2, -0.15) is 0 Å². The van der Waals surface area contributed by atoms with Crippen LogP contribution in [0.1, 0.15) is 12.0 Å². The van der Waals surface area contributed by atoms with E-state index in [1.807, 2.05) is 0 Å². The summed E-state index contributed by atoms with van der Waals surface area (Å²) in [5, 5.41) is 33.1. The molecule has 2 atom stereocenters. The van der Waals surface area contributed by atoms with Crippen molar-refractivity contribution in [3.8, 4) is 11.5 Å². The van der Waals surface area contributed by atoms with Gasteiger partial charge in [-0.3, -0.25) is 4.79 Å². The lowest BCUT2D eigenvalue weighted by Crippen LogP contribution is -2.44. The highest BCUT2D eigenvalue weighted by molar-refractivity contribution is 7.89. The zero-order valence-corrected chi connectivity index (χ0v) is 13.4. The zero-order chi connectivity index (χ0) is 18.1. The molecule has 132 valence electrons. The molecule has 0 spiro atoms. The van der Waals surface area contributed by atoms with Crippen LogP contribution >= 0.6 is 0 Å². The molecule has 2 rings (SSSR count). The Morgan fingerprint density at radius 2 is 2.00 bits per heavy atom. The van der Waals surface area contributed by atoms with Crippen LogP contribution in [0.4, 0.5) is 0 Å². The lowest BCUT2D eigenvalue weighted by atomic mass is 10.0. The Morgan fingerprint density at radius 1 is 1.33 bits per heavy atom. The summed E-state index contributed by atoms with van der Waals surface area (Å²) in [5.41, 5.74) is 0.417. The van der Waals surface area contributed by atoms with E-state index in [2.05, 4.69) is 0 Å². The normalized spacial score (nSPS) is 19.5. The third-order valence-corrected chi connectivity index (χ3v) is 4.77. The fourth-order valence-corrected chi connectivity index (χ4v) is 3.68. The smallest absolute Gasteiger partial charge is 0.326 e. The molecule has 24 heavy (non-hydrogen) atoms. The molecule has 2 unspecified atom stereocenters. The minimum absolute atomic E-state index is 0.0176. The average molecular weight is 358 g/mol. The molecule has 1 aromatic rings. The SMILES string of the molecule is NS(=O)(=O)CC1CC(=O)N(C(Cc2ccc(O)c(O)c2)C(=O)O)C1. The summed E-state index contributed by atoms with van der Waals surface area (Å²) >= 11 is 0. The van der Waals surface area contributed by atoms with Gasteiger partial charge in [0.2, 0.25) is 15.9 Å². The third-order valence-electron chi connectivity index (χ3n) is 3.84. The second kappa shape index (κ2) is 6.65. The average Bonchev–Trinajstić information content (AvgIpc) is 2.77. The molecule has 1 amide bonds. The number of primary sulfonamides is 1. The number of aliphatic carboxylic acids is 1. The van der Waals surface area contributed by atoms with Gasteiger partial charge in [0.15, 0.2) is 11.5 Å². The number of nitrogens with zero attached hydrogens (tertiary/aromatic N) is 1. The molecule has 9 nitrogen and oxygen atoms in total. The topological polar surface area (TPSA) is 158 Å². The molecule has 5 N–H and O–H groups in total. The minimum atomic E-state index is -3.76.